The molecular formula is C20H40N2O2. The Morgan fingerprint density at radius 3 is 1.67 bits per heavy atom. The fourth-order valence-electron chi connectivity index (χ4n) is 2.87. The molecular weight excluding hydrogens is 300 g/mol. The second-order valence-corrected chi connectivity index (χ2v) is 6.91. The molecule has 0 saturated heterocycles. The smallest absolute Gasteiger partial charge is 0.219 e. The molecule has 2 amide bonds. The number of hydrogen-bond acceptors (Lipinski definition) is 2. The van der Waals surface area contributed by atoms with Crippen molar-refractivity contribution in [1.82, 2.24) is 5.32 Å². The Kier molecular flexibility index (Phi) is 17.5. The lowest BCUT2D eigenvalue weighted by molar-refractivity contribution is -0.121. The molecule has 4 heteroatoms. The van der Waals surface area contributed by atoms with Gasteiger partial charge in [-0.05, 0) is 19.3 Å². The zero-order valence-corrected chi connectivity index (χ0v) is 15.9. The Balaban J connectivity index is 3.16. The number of unbranched alkanes of at least 4 members (excludes halogenated alkanes) is 12. The highest BCUT2D eigenvalue weighted by Crippen LogP contribution is 2.10. The molecule has 0 aliphatic carbocycles. The van der Waals surface area contributed by atoms with E-state index in [0.717, 1.165) is 38.6 Å². The minimum Gasteiger partial charge on any atom is -0.370 e. The van der Waals surface area contributed by atoms with E-state index in [9.17, 15) is 9.59 Å². The lowest BCUT2D eigenvalue weighted by Gasteiger charge is -2.05. The molecule has 0 saturated carbocycles. The summed E-state index contributed by atoms with van der Waals surface area (Å²) in [5.41, 5.74) is 5.10. The van der Waals surface area contributed by atoms with Crippen molar-refractivity contribution in [2.45, 2.75) is 110 Å². The zero-order chi connectivity index (χ0) is 17.9. The van der Waals surface area contributed by atoms with Crippen molar-refractivity contribution >= 4 is 11.8 Å². The summed E-state index contributed by atoms with van der Waals surface area (Å²) in [5.74, 6) is 0.0276. The third kappa shape index (κ3) is 19.0. The summed E-state index contributed by atoms with van der Waals surface area (Å²) in [4.78, 5) is 22.3. The van der Waals surface area contributed by atoms with Gasteiger partial charge in [-0.15, -0.1) is 0 Å². The molecule has 0 spiro atoms. The lowest BCUT2D eigenvalue weighted by atomic mass is 10.1. The summed E-state index contributed by atoms with van der Waals surface area (Å²) in [6.07, 6.45) is 17.8. The van der Waals surface area contributed by atoms with Crippen molar-refractivity contribution in [2.24, 2.45) is 5.73 Å². The maximum Gasteiger partial charge on any atom is 0.219 e. The van der Waals surface area contributed by atoms with Gasteiger partial charge >= 0.3 is 0 Å². The van der Waals surface area contributed by atoms with E-state index in [-0.39, 0.29) is 11.8 Å². The molecule has 0 rings (SSSR count). The number of rotatable bonds is 18. The quantitative estimate of drug-likeness (QED) is 0.350. The fraction of sp³-hybridized carbons (Fsp3) is 0.900. The predicted octanol–water partition coefficient (Wildman–Crippen LogP) is 4.85. The van der Waals surface area contributed by atoms with Crippen molar-refractivity contribution < 1.29 is 9.59 Å². The first-order valence-electron chi connectivity index (χ1n) is 10.2. The fourth-order valence-corrected chi connectivity index (χ4v) is 2.87. The molecule has 142 valence electrons. The predicted molar refractivity (Wildman–Crippen MR) is 102 cm³/mol. The molecule has 0 atom stereocenters. The summed E-state index contributed by atoms with van der Waals surface area (Å²) in [5, 5.41) is 3.03. The average molecular weight is 341 g/mol. The molecule has 24 heavy (non-hydrogen) atoms. The molecule has 4 nitrogen and oxygen atoms in total. The molecule has 0 bridgehead atoms. The molecule has 0 aromatic rings. The number of hydrogen-bond donors (Lipinski definition) is 2. The first-order valence-corrected chi connectivity index (χ1v) is 10.2. The Bertz CT molecular complexity index is 306. The zero-order valence-electron chi connectivity index (χ0n) is 15.9. The minimum atomic E-state index is -0.190. The van der Waals surface area contributed by atoms with E-state index >= 15 is 0 Å². The van der Waals surface area contributed by atoms with E-state index in [1.807, 2.05) is 0 Å². The Labute approximate surface area is 149 Å². The maximum absolute atomic E-state index is 11.7. The van der Waals surface area contributed by atoms with E-state index < -0.39 is 0 Å². The van der Waals surface area contributed by atoms with Crippen LogP contribution in [0.2, 0.25) is 0 Å². The number of carbonyl (C=O) groups excluding carboxylic acids is 2. The highest BCUT2D eigenvalue weighted by Gasteiger charge is 2.00. The van der Waals surface area contributed by atoms with Crippen LogP contribution in [0.5, 0.6) is 0 Å². The monoisotopic (exact) mass is 340 g/mol. The van der Waals surface area contributed by atoms with Gasteiger partial charge in [0.15, 0.2) is 0 Å². The van der Waals surface area contributed by atoms with Crippen LogP contribution in [0.1, 0.15) is 110 Å². The van der Waals surface area contributed by atoms with Crippen LogP contribution in [-0.4, -0.2) is 18.4 Å². The van der Waals surface area contributed by atoms with Crippen LogP contribution in [0, 0.1) is 0 Å². The van der Waals surface area contributed by atoms with Crippen LogP contribution in [-0.2, 0) is 9.59 Å². The molecule has 0 aliphatic heterocycles. The van der Waals surface area contributed by atoms with Gasteiger partial charge in [0.1, 0.15) is 0 Å². The van der Waals surface area contributed by atoms with E-state index in [1.54, 1.807) is 0 Å². The van der Waals surface area contributed by atoms with Crippen LogP contribution in [0.4, 0.5) is 0 Å². The molecule has 0 aromatic heterocycles. The Morgan fingerprint density at radius 1 is 0.667 bits per heavy atom. The Morgan fingerprint density at radius 2 is 1.12 bits per heavy atom. The molecule has 3 N–H and O–H groups in total. The highest BCUT2D eigenvalue weighted by molar-refractivity contribution is 5.75. The average Bonchev–Trinajstić information content (AvgIpc) is 2.55. The molecule has 0 fully saturated rings. The second kappa shape index (κ2) is 18.3. The van der Waals surface area contributed by atoms with Gasteiger partial charge in [-0.25, -0.2) is 0 Å². The van der Waals surface area contributed by atoms with Gasteiger partial charge < -0.3 is 11.1 Å². The summed E-state index contributed by atoms with van der Waals surface area (Å²) in [7, 11) is 0. The maximum atomic E-state index is 11.7. The van der Waals surface area contributed by atoms with Gasteiger partial charge in [0, 0.05) is 19.4 Å². The van der Waals surface area contributed by atoms with Crippen molar-refractivity contribution in [1.29, 1.82) is 0 Å². The third-order valence-corrected chi connectivity index (χ3v) is 4.43. The van der Waals surface area contributed by atoms with Gasteiger partial charge in [-0.2, -0.15) is 0 Å². The van der Waals surface area contributed by atoms with Crippen LogP contribution in [0.15, 0.2) is 0 Å². The number of amides is 2. The summed E-state index contributed by atoms with van der Waals surface area (Å²) >= 11 is 0. The van der Waals surface area contributed by atoms with Gasteiger partial charge in [0.25, 0.3) is 0 Å². The topological polar surface area (TPSA) is 72.2 Å². The lowest BCUT2D eigenvalue weighted by Crippen LogP contribution is -2.23. The highest BCUT2D eigenvalue weighted by atomic mass is 16.1. The Hall–Kier alpha value is -1.06. The van der Waals surface area contributed by atoms with Gasteiger partial charge in [-0.1, -0.05) is 77.6 Å². The molecule has 0 unspecified atom stereocenters. The largest absolute Gasteiger partial charge is 0.370 e. The van der Waals surface area contributed by atoms with E-state index in [4.69, 9.17) is 5.73 Å². The number of carbonyl (C=O) groups is 2. The van der Waals surface area contributed by atoms with E-state index in [0.29, 0.717) is 12.8 Å². The van der Waals surface area contributed by atoms with Crippen LogP contribution in [0.25, 0.3) is 0 Å². The summed E-state index contributed by atoms with van der Waals surface area (Å²) in [6.45, 7) is 3.07. The van der Waals surface area contributed by atoms with Crippen molar-refractivity contribution in [3.8, 4) is 0 Å². The van der Waals surface area contributed by atoms with Crippen LogP contribution >= 0.6 is 0 Å². The van der Waals surface area contributed by atoms with Gasteiger partial charge in [0.2, 0.25) is 11.8 Å². The third-order valence-electron chi connectivity index (χ3n) is 4.43. The van der Waals surface area contributed by atoms with Crippen molar-refractivity contribution in [3.63, 3.8) is 0 Å². The number of primary amides is 1. The minimum absolute atomic E-state index is 0.190. The second-order valence-electron chi connectivity index (χ2n) is 6.91. The first-order chi connectivity index (χ1) is 11.7. The van der Waals surface area contributed by atoms with Crippen molar-refractivity contribution in [3.05, 3.63) is 0 Å². The molecule has 0 aromatic carbocycles. The van der Waals surface area contributed by atoms with E-state index in [1.165, 1.54) is 57.8 Å². The molecule has 0 radical (unpaired) electrons. The first kappa shape index (κ1) is 22.9. The number of nitrogens with two attached hydrogens (primary N) is 1. The van der Waals surface area contributed by atoms with Crippen molar-refractivity contribution in [2.75, 3.05) is 6.54 Å². The van der Waals surface area contributed by atoms with Gasteiger partial charge in [0.05, 0.1) is 0 Å². The molecule has 0 aliphatic rings. The standard InChI is InChI=1S/C20H40N2O2/c1-2-3-4-5-12-15-18-22-20(24)17-14-11-9-7-6-8-10-13-16-19(21)23/h2-18H2,1H3,(H2,21,23)(H,22,24). The number of nitrogens with one attached hydrogen (secondary N) is 1. The SMILES string of the molecule is CCCCCCCCNC(=O)CCCCCCCCCCC(N)=O. The summed E-state index contributed by atoms with van der Waals surface area (Å²) < 4.78 is 0. The van der Waals surface area contributed by atoms with Crippen LogP contribution in [0.3, 0.4) is 0 Å². The summed E-state index contributed by atoms with van der Waals surface area (Å²) in [6, 6.07) is 0. The molecule has 0 heterocycles. The normalized spacial score (nSPS) is 10.7. The van der Waals surface area contributed by atoms with Gasteiger partial charge in [-0.3, -0.25) is 9.59 Å². The van der Waals surface area contributed by atoms with E-state index in [2.05, 4.69) is 12.2 Å². The van der Waals surface area contributed by atoms with Crippen LogP contribution < -0.4 is 11.1 Å².